The van der Waals surface area contributed by atoms with Crippen LogP contribution in [-0.2, 0) is 5.75 Å². The molecule has 2 aliphatic carbocycles. The van der Waals surface area contributed by atoms with Crippen LogP contribution >= 0.6 is 35.0 Å². The molecule has 2 unspecified atom stereocenters. The van der Waals surface area contributed by atoms with Crippen LogP contribution in [0.25, 0.3) is 0 Å². The van der Waals surface area contributed by atoms with Crippen molar-refractivity contribution in [2.24, 2.45) is 0 Å². The molecule has 5 heteroatoms. The maximum absolute atomic E-state index is 9.90. The largest absolute Gasteiger partial charge is 0.391 e. The molecule has 2 aliphatic rings. The zero-order valence-corrected chi connectivity index (χ0v) is 16.3. The molecule has 0 saturated carbocycles. The first-order chi connectivity index (χ1) is 11.5. The Morgan fingerprint density at radius 2 is 1.71 bits per heavy atom. The first-order valence-electron chi connectivity index (χ1n) is 8.06. The second-order valence-corrected chi connectivity index (χ2v) is 7.91. The number of likely N-dealkylation sites (N-methyl/N-ethyl adjacent to an activating group) is 1. The summed E-state index contributed by atoms with van der Waals surface area (Å²) in [5.41, 5.74) is 1.05. The molecule has 130 valence electrons. The van der Waals surface area contributed by atoms with Gasteiger partial charge in [-0.2, -0.15) is 11.8 Å². The van der Waals surface area contributed by atoms with E-state index < -0.39 is 0 Å². The van der Waals surface area contributed by atoms with E-state index in [2.05, 4.69) is 29.6 Å². The van der Waals surface area contributed by atoms with E-state index in [0.29, 0.717) is 16.6 Å². The van der Waals surface area contributed by atoms with E-state index in [0.717, 1.165) is 17.9 Å². The molecule has 1 aromatic rings. The van der Waals surface area contributed by atoms with Gasteiger partial charge in [-0.25, -0.2) is 0 Å². The van der Waals surface area contributed by atoms with Crippen LogP contribution < -0.4 is 5.32 Å². The van der Waals surface area contributed by atoms with Crippen LogP contribution in [0.15, 0.2) is 42.5 Å². The average molecular weight is 384 g/mol. The van der Waals surface area contributed by atoms with Crippen molar-refractivity contribution in [3.63, 3.8) is 0 Å². The van der Waals surface area contributed by atoms with E-state index in [-0.39, 0.29) is 11.4 Å². The van der Waals surface area contributed by atoms with Crippen LogP contribution in [0.5, 0.6) is 0 Å². The van der Waals surface area contributed by atoms with Gasteiger partial charge in [0.1, 0.15) is 0 Å². The van der Waals surface area contributed by atoms with Gasteiger partial charge in [-0.1, -0.05) is 67.4 Å². The molecule has 0 bridgehead atoms. The van der Waals surface area contributed by atoms with E-state index in [4.69, 9.17) is 23.2 Å². The van der Waals surface area contributed by atoms with Crippen molar-refractivity contribution >= 4 is 35.0 Å². The molecular formula is C19H23Cl2NOS. The van der Waals surface area contributed by atoms with Gasteiger partial charge in [0.15, 0.2) is 0 Å². The third-order valence-electron chi connectivity index (χ3n) is 3.88. The molecule has 2 N–H and O–H groups in total. The summed E-state index contributed by atoms with van der Waals surface area (Å²) in [5, 5.41) is 17.4. The predicted molar refractivity (Wildman–Crippen MR) is 106 cm³/mol. The quantitative estimate of drug-likeness (QED) is 0.609. The fourth-order valence-corrected chi connectivity index (χ4v) is 3.66. The summed E-state index contributed by atoms with van der Waals surface area (Å²) < 4.78 is 0. The number of aliphatic hydroxyl groups excluding tert-OH is 1. The first-order valence-corrected chi connectivity index (χ1v) is 9.86. The molecule has 0 saturated heterocycles. The molecule has 3 rings (SSSR count). The van der Waals surface area contributed by atoms with Gasteiger partial charge in [0.25, 0.3) is 0 Å². The Hall–Kier alpha value is -0.710. The Morgan fingerprint density at radius 3 is 2.17 bits per heavy atom. The van der Waals surface area contributed by atoms with E-state index in [1.54, 1.807) is 17.8 Å². The molecule has 0 fully saturated rings. The van der Waals surface area contributed by atoms with Crippen molar-refractivity contribution in [1.29, 1.82) is 0 Å². The second kappa shape index (κ2) is 9.69. The fourth-order valence-electron chi connectivity index (χ4n) is 2.09. The SMILES string of the molecule is CCNCC(O)C(C)SCc1ccc(Cl)cc1Cl.c1cc2ccc1=2. The highest BCUT2D eigenvalue weighted by atomic mass is 35.5. The van der Waals surface area contributed by atoms with E-state index in [1.165, 1.54) is 10.4 Å². The molecular weight excluding hydrogens is 361 g/mol. The highest BCUT2D eigenvalue weighted by molar-refractivity contribution is 7.99. The average Bonchev–Trinajstić information content (AvgIpc) is 2.55. The smallest absolute Gasteiger partial charge is 0.0780 e. The zero-order valence-electron chi connectivity index (χ0n) is 13.9. The Bertz CT molecular complexity index is 703. The number of nitrogens with one attached hydrogen (secondary N) is 1. The number of thioether (sulfide) groups is 1. The third kappa shape index (κ3) is 5.68. The van der Waals surface area contributed by atoms with Crippen LogP contribution in [0.3, 0.4) is 0 Å². The lowest BCUT2D eigenvalue weighted by Gasteiger charge is -2.19. The minimum Gasteiger partial charge on any atom is -0.391 e. The third-order valence-corrected chi connectivity index (χ3v) is 5.78. The van der Waals surface area contributed by atoms with Crippen molar-refractivity contribution in [3.8, 4) is 0 Å². The number of aliphatic hydroxyl groups is 1. The summed E-state index contributed by atoms with van der Waals surface area (Å²) in [6.07, 6.45) is -0.346. The maximum Gasteiger partial charge on any atom is 0.0780 e. The molecule has 2 atom stereocenters. The molecule has 0 aromatic heterocycles. The van der Waals surface area contributed by atoms with Crippen molar-refractivity contribution in [2.45, 2.75) is 31.0 Å². The number of hydrogen-bond acceptors (Lipinski definition) is 3. The highest BCUT2D eigenvalue weighted by Gasteiger charge is 2.14. The minimum atomic E-state index is -0.346. The number of rotatable bonds is 7. The monoisotopic (exact) mass is 383 g/mol. The second-order valence-electron chi connectivity index (χ2n) is 5.70. The molecule has 24 heavy (non-hydrogen) atoms. The van der Waals surface area contributed by atoms with Gasteiger partial charge in [-0.3, -0.25) is 0 Å². The topological polar surface area (TPSA) is 32.3 Å². The minimum absolute atomic E-state index is 0.163. The van der Waals surface area contributed by atoms with Crippen LogP contribution in [-0.4, -0.2) is 29.5 Å². The molecule has 1 aromatic carbocycles. The summed E-state index contributed by atoms with van der Waals surface area (Å²) in [7, 11) is 0. The van der Waals surface area contributed by atoms with Crippen LogP contribution in [0.1, 0.15) is 19.4 Å². The first kappa shape index (κ1) is 19.6. The van der Waals surface area contributed by atoms with Crippen molar-refractivity contribution in [3.05, 3.63) is 68.5 Å². The van der Waals surface area contributed by atoms with Gasteiger partial charge in [0, 0.05) is 27.6 Å². The van der Waals surface area contributed by atoms with Gasteiger partial charge in [-0.05, 0) is 34.7 Å². The normalized spacial score (nSPS) is 13.7. The summed E-state index contributed by atoms with van der Waals surface area (Å²) >= 11 is 13.6. The molecule has 0 radical (unpaired) electrons. The highest BCUT2D eigenvalue weighted by Crippen LogP contribution is 2.27. The number of hydrogen-bond donors (Lipinski definition) is 2. The standard InChI is InChI=1S/C13H19Cl2NOS.C6H4/c1-3-16-7-13(17)9(2)18-8-10-4-5-11(14)6-12(10)15;1-2-6-4-3-5(1)6/h4-6,9,13,16-17H,3,7-8H2,1-2H3;1-4H. The molecule has 0 amide bonds. The van der Waals surface area contributed by atoms with Crippen LogP contribution in [0.4, 0.5) is 0 Å². The van der Waals surface area contributed by atoms with Crippen LogP contribution in [0.2, 0.25) is 10.0 Å². The van der Waals surface area contributed by atoms with Gasteiger partial charge in [0.05, 0.1) is 6.10 Å². The van der Waals surface area contributed by atoms with Gasteiger partial charge >= 0.3 is 0 Å². The Morgan fingerprint density at radius 1 is 1.08 bits per heavy atom. The lowest BCUT2D eigenvalue weighted by atomic mass is 10.1. The van der Waals surface area contributed by atoms with Gasteiger partial charge in [-0.15, -0.1) is 0 Å². The maximum atomic E-state index is 9.90. The Kier molecular flexibility index (Phi) is 7.92. The summed E-state index contributed by atoms with van der Waals surface area (Å²) in [6.45, 7) is 5.55. The Balaban J connectivity index is 0.000000282. The van der Waals surface area contributed by atoms with Crippen LogP contribution in [0, 0.1) is 10.4 Å². The lowest BCUT2D eigenvalue weighted by Crippen LogP contribution is -2.33. The summed E-state index contributed by atoms with van der Waals surface area (Å²) in [5.74, 6) is 0.778. The number of benzene rings is 2. The Labute approximate surface area is 157 Å². The van der Waals surface area contributed by atoms with E-state index in [1.807, 2.05) is 26.0 Å². The fraction of sp³-hybridized carbons (Fsp3) is 0.368. The van der Waals surface area contributed by atoms with Crippen molar-refractivity contribution < 1.29 is 5.11 Å². The number of halogens is 2. The van der Waals surface area contributed by atoms with Gasteiger partial charge < -0.3 is 10.4 Å². The van der Waals surface area contributed by atoms with Crippen molar-refractivity contribution in [1.82, 2.24) is 5.32 Å². The van der Waals surface area contributed by atoms with Gasteiger partial charge in [0.2, 0.25) is 0 Å². The van der Waals surface area contributed by atoms with E-state index >= 15 is 0 Å². The molecule has 0 aliphatic heterocycles. The lowest BCUT2D eigenvalue weighted by molar-refractivity contribution is 0.173. The van der Waals surface area contributed by atoms with Crippen molar-refractivity contribution in [2.75, 3.05) is 13.1 Å². The molecule has 0 spiro atoms. The summed E-state index contributed by atoms with van der Waals surface area (Å²) in [4.78, 5) is 0. The zero-order chi connectivity index (χ0) is 17.5. The molecule has 2 nitrogen and oxygen atoms in total. The summed E-state index contributed by atoms with van der Waals surface area (Å²) in [6, 6.07) is 14.0. The predicted octanol–water partition coefficient (Wildman–Crippen LogP) is 4.87. The van der Waals surface area contributed by atoms with E-state index in [9.17, 15) is 5.11 Å². The molecule has 0 heterocycles.